The average molecular weight is 398 g/mol. The van der Waals surface area contributed by atoms with Crippen molar-refractivity contribution < 1.29 is 13.2 Å². The Morgan fingerprint density at radius 2 is 1.68 bits per heavy atom. The van der Waals surface area contributed by atoms with E-state index in [4.69, 9.17) is 5.73 Å². The number of nitrogens with two attached hydrogens (primary N) is 1. The molecule has 1 heterocycles. The van der Waals surface area contributed by atoms with Crippen LogP contribution in [0.4, 0.5) is 5.69 Å². The highest BCUT2D eigenvalue weighted by Crippen LogP contribution is 2.26. The van der Waals surface area contributed by atoms with Crippen molar-refractivity contribution >= 4 is 27.5 Å². The first-order valence-electron chi connectivity index (χ1n) is 9.30. The van der Waals surface area contributed by atoms with E-state index >= 15 is 0 Å². The predicted molar refractivity (Wildman–Crippen MR) is 108 cm³/mol. The van der Waals surface area contributed by atoms with Crippen LogP contribution in [0, 0.1) is 0 Å². The number of amidine groups is 1. The van der Waals surface area contributed by atoms with Crippen molar-refractivity contribution in [1.29, 1.82) is 0 Å². The molecule has 0 spiro atoms. The Labute approximate surface area is 164 Å². The van der Waals surface area contributed by atoms with E-state index in [9.17, 15) is 13.2 Å². The molecule has 0 aromatic heterocycles. The van der Waals surface area contributed by atoms with Gasteiger partial charge in [-0.2, -0.15) is 8.42 Å². The summed E-state index contributed by atoms with van der Waals surface area (Å²) in [5, 5.41) is 6.08. The third-order valence-electron chi connectivity index (χ3n) is 5.15. The van der Waals surface area contributed by atoms with Gasteiger partial charge in [-0.1, -0.05) is 12.1 Å². The fraction of sp³-hybridized carbons (Fsp3) is 0.300. The Kier molecular flexibility index (Phi) is 4.91. The molecule has 2 aliphatic rings. The number of sulfonamides is 1. The van der Waals surface area contributed by atoms with Crippen molar-refractivity contribution in [2.24, 2.45) is 10.1 Å². The van der Waals surface area contributed by atoms with E-state index in [1.807, 2.05) is 0 Å². The van der Waals surface area contributed by atoms with Gasteiger partial charge in [0.05, 0.1) is 0 Å². The first kappa shape index (κ1) is 18.6. The molecule has 0 radical (unpaired) electrons. The zero-order chi connectivity index (χ0) is 19.7. The number of hydrogen-bond donors (Lipinski definition) is 3. The third kappa shape index (κ3) is 3.79. The molecular formula is C20H22N4O3S. The van der Waals surface area contributed by atoms with Gasteiger partial charge in [0.15, 0.2) is 5.84 Å². The largest absolute Gasteiger partial charge is 0.349 e. The first-order chi connectivity index (χ1) is 13.4. The van der Waals surface area contributed by atoms with E-state index in [0.29, 0.717) is 16.8 Å². The van der Waals surface area contributed by atoms with Gasteiger partial charge in [0.25, 0.3) is 15.9 Å². The second kappa shape index (κ2) is 7.37. The third-order valence-corrected chi connectivity index (χ3v) is 6.48. The second-order valence-corrected chi connectivity index (χ2v) is 8.77. The Morgan fingerprint density at radius 3 is 2.39 bits per heavy atom. The number of anilines is 1. The zero-order valence-corrected chi connectivity index (χ0v) is 16.1. The first-order valence-corrected chi connectivity index (χ1v) is 10.7. The van der Waals surface area contributed by atoms with E-state index in [1.165, 1.54) is 6.07 Å². The summed E-state index contributed by atoms with van der Waals surface area (Å²) in [7, 11) is -3.66. The Balaban J connectivity index is 1.44. The lowest BCUT2D eigenvalue weighted by Gasteiger charge is -2.26. The van der Waals surface area contributed by atoms with Gasteiger partial charge in [-0.3, -0.25) is 4.79 Å². The molecule has 1 saturated carbocycles. The lowest BCUT2D eigenvalue weighted by molar-refractivity contribution is 0.0926. The normalized spacial score (nSPS) is 22.8. The van der Waals surface area contributed by atoms with Crippen LogP contribution < -0.4 is 16.4 Å². The van der Waals surface area contributed by atoms with Crippen LogP contribution in [0.25, 0.3) is 0 Å². The van der Waals surface area contributed by atoms with Gasteiger partial charge in [0, 0.05) is 28.9 Å². The van der Waals surface area contributed by atoms with Crippen molar-refractivity contribution in [2.45, 2.75) is 42.7 Å². The Hall–Kier alpha value is -2.71. The number of carbonyl (C=O) groups is 1. The monoisotopic (exact) mass is 398 g/mol. The highest BCUT2D eigenvalue weighted by Gasteiger charge is 2.28. The highest BCUT2D eigenvalue weighted by molar-refractivity contribution is 7.90. The van der Waals surface area contributed by atoms with E-state index in [1.54, 1.807) is 42.5 Å². The molecule has 28 heavy (non-hydrogen) atoms. The topological polar surface area (TPSA) is 114 Å². The Morgan fingerprint density at radius 1 is 1.00 bits per heavy atom. The zero-order valence-electron chi connectivity index (χ0n) is 15.3. The number of benzene rings is 2. The van der Waals surface area contributed by atoms with E-state index < -0.39 is 10.0 Å². The van der Waals surface area contributed by atoms with Crippen LogP contribution in [-0.4, -0.2) is 32.2 Å². The van der Waals surface area contributed by atoms with Crippen LogP contribution in [-0.2, 0) is 10.0 Å². The van der Waals surface area contributed by atoms with Gasteiger partial charge < -0.3 is 16.4 Å². The summed E-state index contributed by atoms with van der Waals surface area (Å²) in [4.78, 5) is 12.6. The van der Waals surface area contributed by atoms with Crippen LogP contribution in [0.5, 0.6) is 0 Å². The molecule has 4 N–H and O–H groups in total. The molecule has 0 atom stereocenters. The van der Waals surface area contributed by atoms with Crippen molar-refractivity contribution in [3.8, 4) is 0 Å². The van der Waals surface area contributed by atoms with Crippen molar-refractivity contribution in [2.75, 3.05) is 5.32 Å². The molecular weight excluding hydrogens is 376 g/mol. The number of rotatable bonds is 3. The van der Waals surface area contributed by atoms with Gasteiger partial charge in [0.2, 0.25) is 0 Å². The SMILES string of the molecule is NC1CCC(NC(=O)c2ccc(NC3=NS(=O)(=O)c4ccccc43)cc2)CC1. The predicted octanol–water partition coefficient (Wildman–Crippen LogP) is 2.25. The minimum atomic E-state index is -3.66. The molecule has 7 nitrogen and oxygen atoms in total. The molecule has 4 rings (SSSR count). The van der Waals surface area contributed by atoms with Gasteiger partial charge in [0.1, 0.15) is 4.90 Å². The van der Waals surface area contributed by atoms with Crippen LogP contribution in [0.1, 0.15) is 41.6 Å². The molecule has 2 aromatic carbocycles. The van der Waals surface area contributed by atoms with Gasteiger partial charge >= 0.3 is 0 Å². The molecule has 0 saturated heterocycles. The summed E-state index contributed by atoms with van der Waals surface area (Å²) >= 11 is 0. The fourth-order valence-corrected chi connectivity index (χ4v) is 4.75. The Bertz CT molecular complexity index is 1020. The maximum Gasteiger partial charge on any atom is 0.285 e. The summed E-state index contributed by atoms with van der Waals surface area (Å²) < 4.78 is 28.0. The van der Waals surface area contributed by atoms with E-state index in [0.717, 1.165) is 25.7 Å². The molecule has 8 heteroatoms. The summed E-state index contributed by atoms with van der Waals surface area (Å²) in [6.45, 7) is 0. The van der Waals surface area contributed by atoms with Crippen molar-refractivity contribution in [3.05, 3.63) is 59.7 Å². The molecule has 1 fully saturated rings. The van der Waals surface area contributed by atoms with Gasteiger partial charge in [-0.15, -0.1) is 4.40 Å². The van der Waals surface area contributed by atoms with Gasteiger partial charge in [-0.25, -0.2) is 0 Å². The fourth-order valence-electron chi connectivity index (χ4n) is 3.57. The van der Waals surface area contributed by atoms with Crippen LogP contribution in [0.3, 0.4) is 0 Å². The average Bonchev–Trinajstić information content (AvgIpc) is 2.95. The number of carbonyl (C=O) groups excluding carboxylic acids is 1. The number of nitrogens with zero attached hydrogens (tertiary/aromatic N) is 1. The molecule has 1 aliphatic carbocycles. The summed E-state index contributed by atoms with van der Waals surface area (Å²) in [5.41, 5.74) is 7.66. The smallest absolute Gasteiger partial charge is 0.285 e. The van der Waals surface area contributed by atoms with Crippen LogP contribution in [0.2, 0.25) is 0 Å². The number of amides is 1. The summed E-state index contributed by atoms with van der Waals surface area (Å²) in [6.07, 6.45) is 3.67. The maximum absolute atomic E-state index is 12.4. The molecule has 146 valence electrons. The molecule has 0 bridgehead atoms. The highest BCUT2D eigenvalue weighted by atomic mass is 32.2. The summed E-state index contributed by atoms with van der Waals surface area (Å²) in [6, 6.07) is 14.0. The lowest BCUT2D eigenvalue weighted by Crippen LogP contribution is -2.40. The summed E-state index contributed by atoms with van der Waals surface area (Å²) in [5.74, 6) is 0.171. The number of hydrogen-bond acceptors (Lipinski definition) is 5. The van der Waals surface area contributed by atoms with Crippen molar-refractivity contribution in [1.82, 2.24) is 5.32 Å². The van der Waals surface area contributed by atoms with E-state index in [-0.39, 0.29) is 28.7 Å². The number of nitrogens with one attached hydrogen (secondary N) is 2. The number of fused-ring (bicyclic) bond motifs is 1. The quantitative estimate of drug-likeness (QED) is 0.734. The van der Waals surface area contributed by atoms with Crippen molar-refractivity contribution in [3.63, 3.8) is 0 Å². The molecule has 2 aromatic rings. The minimum absolute atomic E-state index is 0.113. The van der Waals surface area contributed by atoms with Gasteiger partial charge in [-0.05, 0) is 62.1 Å². The molecule has 1 aliphatic heterocycles. The molecule has 0 unspecified atom stereocenters. The second-order valence-electron chi connectivity index (χ2n) is 7.20. The standard InChI is InChI=1S/C20H22N4O3S/c21-14-7-11-16(12-8-14)23-20(25)13-5-9-15(10-6-13)22-19-17-3-1-2-4-18(17)28(26,27)24-19/h1-6,9-10,14,16H,7-8,11-12,21H2,(H,22,24)(H,23,25). The minimum Gasteiger partial charge on any atom is -0.349 e. The van der Waals surface area contributed by atoms with Crippen LogP contribution >= 0.6 is 0 Å². The van der Waals surface area contributed by atoms with Crippen LogP contribution in [0.15, 0.2) is 57.8 Å². The molecule has 1 amide bonds. The van der Waals surface area contributed by atoms with E-state index in [2.05, 4.69) is 15.0 Å². The maximum atomic E-state index is 12.4. The lowest BCUT2D eigenvalue weighted by atomic mass is 9.91.